The van der Waals surface area contributed by atoms with Crippen molar-refractivity contribution in [2.45, 2.75) is 6.92 Å². The van der Waals surface area contributed by atoms with Crippen molar-refractivity contribution < 1.29 is 4.42 Å². The number of rotatable bonds is 2. The summed E-state index contributed by atoms with van der Waals surface area (Å²) in [6.45, 7) is 1.77. The predicted octanol–water partition coefficient (Wildman–Crippen LogP) is 3.87. The first-order chi connectivity index (χ1) is 9.22. The molecule has 0 N–H and O–H groups in total. The number of aryl methyl sites for hydroxylation is 1. The maximum absolute atomic E-state index is 5.41. The molecule has 0 spiro atoms. The standard InChI is InChI=1S/C14H10BrN3O/c1-9-17-18-14(19-9)12-6-11(7-16-8-12)10-2-4-13(15)5-3-10/h2-8H,1H3. The zero-order chi connectivity index (χ0) is 13.2. The third-order valence-corrected chi connectivity index (χ3v) is 3.22. The molecular weight excluding hydrogens is 306 g/mol. The molecule has 2 heterocycles. The molecule has 0 amide bonds. The van der Waals surface area contributed by atoms with E-state index in [2.05, 4.69) is 31.1 Å². The van der Waals surface area contributed by atoms with Crippen LogP contribution in [0.4, 0.5) is 0 Å². The second-order valence-electron chi connectivity index (χ2n) is 4.10. The van der Waals surface area contributed by atoms with Crippen LogP contribution < -0.4 is 0 Å². The average Bonchev–Trinajstić information content (AvgIpc) is 2.86. The molecule has 0 radical (unpaired) electrons. The fourth-order valence-corrected chi connectivity index (χ4v) is 2.03. The van der Waals surface area contributed by atoms with E-state index in [1.165, 1.54) is 0 Å². The number of nitrogens with zero attached hydrogens (tertiary/aromatic N) is 3. The van der Waals surface area contributed by atoms with Gasteiger partial charge in [-0.2, -0.15) is 0 Å². The number of benzene rings is 1. The Balaban J connectivity index is 2.02. The lowest BCUT2D eigenvalue weighted by Crippen LogP contribution is -1.84. The summed E-state index contributed by atoms with van der Waals surface area (Å²) in [7, 11) is 0. The van der Waals surface area contributed by atoms with Gasteiger partial charge in [0.2, 0.25) is 11.8 Å². The van der Waals surface area contributed by atoms with Crippen molar-refractivity contribution in [1.82, 2.24) is 15.2 Å². The molecule has 0 saturated heterocycles. The SMILES string of the molecule is Cc1nnc(-c2cncc(-c3ccc(Br)cc3)c2)o1. The molecule has 3 rings (SSSR count). The second kappa shape index (κ2) is 4.93. The fourth-order valence-electron chi connectivity index (χ4n) is 1.77. The molecule has 2 aromatic heterocycles. The van der Waals surface area contributed by atoms with Crippen molar-refractivity contribution in [1.29, 1.82) is 0 Å². The zero-order valence-electron chi connectivity index (χ0n) is 10.2. The fraction of sp³-hybridized carbons (Fsp3) is 0.0714. The van der Waals surface area contributed by atoms with Crippen molar-refractivity contribution >= 4 is 15.9 Å². The van der Waals surface area contributed by atoms with Crippen molar-refractivity contribution in [3.05, 3.63) is 53.1 Å². The molecule has 0 aliphatic rings. The quantitative estimate of drug-likeness (QED) is 0.720. The molecular formula is C14H10BrN3O. The summed E-state index contributed by atoms with van der Waals surface area (Å²) < 4.78 is 6.46. The molecule has 5 heteroatoms. The van der Waals surface area contributed by atoms with Crippen LogP contribution in [-0.4, -0.2) is 15.2 Å². The van der Waals surface area contributed by atoms with E-state index in [0.717, 1.165) is 21.2 Å². The minimum atomic E-state index is 0.490. The lowest BCUT2D eigenvalue weighted by atomic mass is 10.1. The van der Waals surface area contributed by atoms with Crippen LogP contribution in [0.5, 0.6) is 0 Å². The van der Waals surface area contributed by atoms with Gasteiger partial charge in [-0.1, -0.05) is 28.1 Å². The maximum atomic E-state index is 5.41. The third kappa shape index (κ3) is 2.56. The summed E-state index contributed by atoms with van der Waals surface area (Å²) in [5, 5.41) is 7.83. The van der Waals surface area contributed by atoms with Crippen molar-refractivity contribution in [3.63, 3.8) is 0 Å². The third-order valence-electron chi connectivity index (χ3n) is 2.69. The number of aromatic nitrogens is 3. The van der Waals surface area contributed by atoms with Gasteiger partial charge in [0.25, 0.3) is 0 Å². The van der Waals surface area contributed by atoms with Crippen LogP contribution >= 0.6 is 15.9 Å². The van der Waals surface area contributed by atoms with E-state index < -0.39 is 0 Å². The molecule has 0 atom stereocenters. The summed E-state index contributed by atoms with van der Waals surface area (Å²) in [4.78, 5) is 4.23. The first kappa shape index (κ1) is 12.0. The Bertz CT molecular complexity index is 707. The first-order valence-corrected chi connectivity index (χ1v) is 6.53. The van der Waals surface area contributed by atoms with E-state index in [1.807, 2.05) is 36.5 Å². The summed E-state index contributed by atoms with van der Waals surface area (Å²) in [5.74, 6) is 1.04. The van der Waals surface area contributed by atoms with Crippen LogP contribution in [0.3, 0.4) is 0 Å². The molecule has 94 valence electrons. The summed E-state index contributed by atoms with van der Waals surface area (Å²) >= 11 is 3.42. The van der Waals surface area contributed by atoms with E-state index in [9.17, 15) is 0 Å². The van der Waals surface area contributed by atoms with Crippen LogP contribution in [0, 0.1) is 6.92 Å². The van der Waals surface area contributed by atoms with Crippen LogP contribution in [0.15, 0.2) is 51.6 Å². The highest BCUT2D eigenvalue weighted by atomic mass is 79.9. The van der Waals surface area contributed by atoms with Crippen molar-refractivity contribution in [2.75, 3.05) is 0 Å². The van der Waals surface area contributed by atoms with Gasteiger partial charge in [0.05, 0.1) is 5.56 Å². The molecule has 0 unspecified atom stereocenters. The Kier molecular flexibility index (Phi) is 3.13. The summed E-state index contributed by atoms with van der Waals surface area (Å²) in [5.41, 5.74) is 2.93. The Morgan fingerprint density at radius 3 is 2.37 bits per heavy atom. The highest BCUT2D eigenvalue weighted by Crippen LogP contribution is 2.25. The van der Waals surface area contributed by atoms with Gasteiger partial charge in [-0.3, -0.25) is 4.98 Å². The summed E-state index contributed by atoms with van der Waals surface area (Å²) in [6.07, 6.45) is 3.53. The largest absolute Gasteiger partial charge is 0.421 e. The van der Waals surface area contributed by atoms with E-state index in [4.69, 9.17) is 4.42 Å². The Morgan fingerprint density at radius 1 is 0.947 bits per heavy atom. The number of pyridine rings is 1. The minimum absolute atomic E-state index is 0.490. The molecule has 19 heavy (non-hydrogen) atoms. The van der Waals surface area contributed by atoms with Gasteiger partial charge in [0.1, 0.15) is 0 Å². The Hall–Kier alpha value is -2.01. The molecule has 0 bridgehead atoms. The molecule has 0 aliphatic carbocycles. The van der Waals surface area contributed by atoms with Gasteiger partial charge in [-0.25, -0.2) is 0 Å². The molecule has 0 aliphatic heterocycles. The highest BCUT2D eigenvalue weighted by molar-refractivity contribution is 9.10. The predicted molar refractivity (Wildman–Crippen MR) is 75.4 cm³/mol. The van der Waals surface area contributed by atoms with Gasteiger partial charge >= 0.3 is 0 Å². The van der Waals surface area contributed by atoms with Gasteiger partial charge in [-0.05, 0) is 23.8 Å². The monoisotopic (exact) mass is 315 g/mol. The number of halogens is 1. The van der Waals surface area contributed by atoms with Crippen LogP contribution in [0.2, 0.25) is 0 Å². The van der Waals surface area contributed by atoms with Gasteiger partial charge in [0, 0.05) is 29.4 Å². The van der Waals surface area contributed by atoms with Crippen molar-refractivity contribution in [3.8, 4) is 22.6 Å². The van der Waals surface area contributed by atoms with E-state index >= 15 is 0 Å². The van der Waals surface area contributed by atoms with E-state index in [0.29, 0.717) is 11.8 Å². The summed E-state index contributed by atoms with van der Waals surface area (Å²) in [6, 6.07) is 10.1. The Morgan fingerprint density at radius 2 is 1.68 bits per heavy atom. The lowest BCUT2D eigenvalue weighted by molar-refractivity contribution is 0.532. The van der Waals surface area contributed by atoms with Crippen molar-refractivity contribution in [2.24, 2.45) is 0 Å². The molecule has 3 aromatic rings. The lowest BCUT2D eigenvalue weighted by Gasteiger charge is -2.02. The highest BCUT2D eigenvalue weighted by Gasteiger charge is 2.08. The number of hydrogen-bond donors (Lipinski definition) is 0. The maximum Gasteiger partial charge on any atom is 0.249 e. The second-order valence-corrected chi connectivity index (χ2v) is 5.01. The number of hydrogen-bond acceptors (Lipinski definition) is 4. The normalized spacial score (nSPS) is 10.6. The Labute approximate surface area is 118 Å². The minimum Gasteiger partial charge on any atom is -0.421 e. The molecule has 0 fully saturated rings. The first-order valence-electron chi connectivity index (χ1n) is 5.74. The van der Waals surface area contributed by atoms with E-state index in [1.54, 1.807) is 13.1 Å². The van der Waals surface area contributed by atoms with Crippen LogP contribution in [0.1, 0.15) is 5.89 Å². The van der Waals surface area contributed by atoms with Gasteiger partial charge in [-0.15, -0.1) is 10.2 Å². The zero-order valence-corrected chi connectivity index (χ0v) is 11.8. The molecule has 0 saturated carbocycles. The van der Waals surface area contributed by atoms with Gasteiger partial charge < -0.3 is 4.42 Å². The van der Waals surface area contributed by atoms with Crippen LogP contribution in [0.25, 0.3) is 22.6 Å². The smallest absolute Gasteiger partial charge is 0.249 e. The van der Waals surface area contributed by atoms with Gasteiger partial charge in [0.15, 0.2) is 0 Å². The molecule has 1 aromatic carbocycles. The van der Waals surface area contributed by atoms with Crippen LogP contribution in [-0.2, 0) is 0 Å². The van der Waals surface area contributed by atoms with E-state index in [-0.39, 0.29) is 0 Å². The molecule has 4 nitrogen and oxygen atoms in total. The topological polar surface area (TPSA) is 51.8 Å². The average molecular weight is 316 g/mol.